The van der Waals surface area contributed by atoms with Crippen molar-refractivity contribution in [3.05, 3.63) is 78.0 Å². The Morgan fingerprint density at radius 2 is 2.07 bits per heavy atom. The fourth-order valence-corrected chi connectivity index (χ4v) is 3.97. The van der Waals surface area contributed by atoms with Crippen LogP contribution in [0.2, 0.25) is 0 Å². The number of anilines is 1. The number of furan rings is 1. The highest BCUT2D eigenvalue weighted by Gasteiger charge is 2.24. The summed E-state index contributed by atoms with van der Waals surface area (Å²) in [5.74, 6) is 0.437. The number of hydrogen-bond acceptors (Lipinski definition) is 5. The van der Waals surface area contributed by atoms with Gasteiger partial charge >= 0.3 is 0 Å². The van der Waals surface area contributed by atoms with Crippen LogP contribution in [0.1, 0.15) is 41.4 Å². The molecule has 27 heavy (non-hydrogen) atoms. The maximum atomic E-state index is 13.1. The number of carbonyl (C=O) groups is 1. The molecule has 5 nitrogen and oxygen atoms in total. The average Bonchev–Trinajstić information content (AvgIpc) is 3.35. The highest BCUT2D eigenvalue weighted by Crippen LogP contribution is 2.34. The summed E-state index contributed by atoms with van der Waals surface area (Å²) in [6.45, 7) is 4.68. The number of amides is 1. The molecule has 0 saturated carbocycles. The number of thiazole rings is 1. The minimum Gasteiger partial charge on any atom is -0.459 e. The lowest BCUT2D eigenvalue weighted by molar-refractivity contribution is 0.0958. The number of fused-ring (bicyclic) bond motifs is 1. The molecule has 0 bridgehead atoms. The molecule has 4 rings (SSSR count). The second kappa shape index (κ2) is 7.32. The molecular formula is C21H19N3O2S. The van der Waals surface area contributed by atoms with Crippen molar-refractivity contribution >= 4 is 32.6 Å². The predicted octanol–water partition coefficient (Wildman–Crippen LogP) is 5.25. The largest absolute Gasteiger partial charge is 0.459 e. The van der Waals surface area contributed by atoms with Gasteiger partial charge in [-0.3, -0.25) is 14.7 Å². The van der Waals surface area contributed by atoms with E-state index < -0.39 is 0 Å². The molecule has 0 aliphatic rings. The first-order valence-corrected chi connectivity index (χ1v) is 9.59. The minimum absolute atomic E-state index is 0.214. The summed E-state index contributed by atoms with van der Waals surface area (Å²) in [5.41, 5.74) is 3.07. The van der Waals surface area contributed by atoms with Crippen LogP contribution in [0.4, 0.5) is 5.13 Å². The Balaban J connectivity index is 1.79. The van der Waals surface area contributed by atoms with Crippen molar-refractivity contribution in [2.24, 2.45) is 0 Å². The lowest BCUT2D eigenvalue weighted by Crippen LogP contribution is -2.30. The van der Waals surface area contributed by atoms with Crippen LogP contribution in [0.15, 0.2) is 65.5 Å². The molecule has 0 atom stereocenters. The molecule has 6 heteroatoms. The van der Waals surface area contributed by atoms with Gasteiger partial charge in [0.1, 0.15) is 0 Å². The molecule has 3 heterocycles. The summed E-state index contributed by atoms with van der Waals surface area (Å²) in [7, 11) is 0. The molecule has 1 amide bonds. The van der Waals surface area contributed by atoms with E-state index in [2.05, 4.69) is 24.9 Å². The number of aromatic nitrogens is 2. The highest BCUT2D eigenvalue weighted by atomic mass is 32.1. The molecule has 4 aromatic rings. The van der Waals surface area contributed by atoms with E-state index >= 15 is 0 Å². The Kier molecular flexibility index (Phi) is 4.73. The summed E-state index contributed by atoms with van der Waals surface area (Å²) >= 11 is 1.51. The second-order valence-electron chi connectivity index (χ2n) is 6.57. The Morgan fingerprint density at radius 1 is 1.19 bits per heavy atom. The molecule has 0 spiro atoms. The van der Waals surface area contributed by atoms with Gasteiger partial charge in [-0.2, -0.15) is 0 Å². The van der Waals surface area contributed by atoms with E-state index in [9.17, 15) is 4.79 Å². The molecule has 0 fully saturated rings. The van der Waals surface area contributed by atoms with E-state index in [1.54, 1.807) is 29.4 Å². The van der Waals surface area contributed by atoms with Crippen LogP contribution in [0, 0.1) is 0 Å². The molecule has 0 N–H and O–H groups in total. The van der Waals surface area contributed by atoms with Gasteiger partial charge in [0.15, 0.2) is 10.9 Å². The van der Waals surface area contributed by atoms with E-state index in [0.717, 1.165) is 15.8 Å². The zero-order valence-corrected chi connectivity index (χ0v) is 15.9. The van der Waals surface area contributed by atoms with Crippen LogP contribution in [0.5, 0.6) is 0 Å². The SMILES string of the molecule is CC(C)c1cccc2sc(N(Cc3cccnc3)C(=O)c3ccco3)nc12. The van der Waals surface area contributed by atoms with E-state index in [1.807, 2.05) is 24.3 Å². The Morgan fingerprint density at radius 3 is 2.78 bits per heavy atom. The zero-order valence-electron chi connectivity index (χ0n) is 15.1. The number of hydrogen-bond donors (Lipinski definition) is 0. The van der Waals surface area contributed by atoms with Crippen LogP contribution in [-0.2, 0) is 6.54 Å². The summed E-state index contributed by atoms with van der Waals surface area (Å²) in [4.78, 5) is 23.7. The second-order valence-corrected chi connectivity index (χ2v) is 7.58. The summed E-state index contributed by atoms with van der Waals surface area (Å²) in [5, 5.41) is 0.656. The van der Waals surface area contributed by atoms with E-state index in [-0.39, 0.29) is 5.91 Å². The first-order valence-electron chi connectivity index (χ1n) is 8.77. The third-order valence-corrected chi connectivity index (χ3v) is 5.38. The monoisotopic (exact) mass is 377 g/mol. The first-order chi connectivity index (χ1) is 13.1. The van der Waals surface area contributed by atoms with Crippen molar-refractivity contribution in [2.75, 3.05) is 4.90 Å². The van der Waals surface area contributed by atoms with Crippen molar-refractivity contribution in [1.29, 1.82) is 0 Å². The summed E-state index contributed by atoms with van der Waals surface area (Å²) < 4.78 is 6.41. The van der Waals surface area contributed by atoms with Gasteiger partial charge < -0.3 is 4.42 Å². The fraction of sp³-hybridized carbons (Fsp3) is 0.190. The van der Waals surface area contributed by atoms with Crippen LogP contribution >= 0.6 is 11.3 Å². The third kappa shape index (κ3) is 3.48. The quantitative estimate of drug-likeness (QED) is 0.476. The van der Waals surface area contributed by atoms with Crippen LogP contribution in [0.25, 0.3) is 10.2 Å². The predicted molar refractivity (Wildman–Crippen MR) is 107 cm³/mol. The molecule has 0 unspecified atom stereocenters. The third-order valence-electron chi connectivity index (χ3n) is 4.33. The zero-order chi connectivity index (χ0) is 18.8. The first kappa shape index (κ1) is 17.4. The van der Waals surface area contributed by atoms with Crippen molar-refractivity contribution in [1.82, 2.24) is 9.97 Å². The number of rotatable bonds is 5. The molecular weight excluding hydrogens is 358 g/mol. The molecule has 0 radical (unpaired) electrons. The molecule has 0 saturated heterocycles. The number of nitrogens with zero attached hydrogens (tertiary/aromatic N) is 3. The number of carbonyl (C=O) groups excluding carboxylic acids is 1. The van der Waals surface area contributed by atoms with E-state index in [0.29, 0.717) is 23.4 Å². The molecule has 0 aliphatic heterocycles. The molecule has 0 aliphatic carbocycles. The summed E-state index contributed by atoms with van der Waals surface area (Å²) in [6.07, 6.45) is 4.98. The Bertz CT molecular complexity index is 1060. The molecule has 136 valence electrons. The Hall–Kier alpha value is -2.99. The van der Waals surface area contributed by atoms with Crippen molar-refractivity contribution in [3.8, 4) is 0 Å². The lowest BCUT2D eigenvalue weighted by atomic mass is 10.0. The minimum atomic E-state index is -0.214. The number of pyridine rings is 1. The summed E-state index contributed by atoms with van der Waals surface area (Å²) in [6, 6.07) is 13.4. The van der Waals surface area contributed by atoms with Gasteiger partial charge in [-0.15, -0.1) is 0 Å². The Labute approximate surface area is 161 Å². The lowest BCUT2D eigenvalue weighted by Gasteiger charge is -2.18. The highest BCUT2D eigenvalue weighted by molar-refractivity contribution is 7.22. The van der Waals surface area contributed by atoms with Gasteiger partial charge in [-0.25, -0.2) is 4.98 Å². The number of para-hydroxylation sites is 1. The van der Waals surface area contributed by atoms with E-state index in [4.69, 9.17) is 9.40 Å². The maximum absolute atomic E-state index is 13.1. The van der Waals surface area contributed by atoms with Gasteiger partial charge in [0.2, 0.25) is 0 Å². The van der Waals surface area contributed by atoms with Gasteiger partial charge in [-0.05, 0) is 41.3 Å². The van der Waals surface area contributed by atoms with E-state index in [1.165, 1.54) is 23.2 Å². The van der Waals surface area contributed by atoms with Crippen molar-refractivity contribution in [2.45, 2.75) is 26.3 Å². The normalized spacial score (nSPS) is 11.2. The fourth-order valence-electron chi connectivity index (χ4n) is 2.97. The topological polar surface area (TPSA) is 59.2 Å². The van der Waals surface area contributed by atoms with Gasteiger partial charge in [0, 0.05) is 12.4 Å². The van der Waals surface area contributed by atoms with Crippen molar-refractivity contribution < 1.29 is 9.21 Å². The van der Waals surface area contributed by atoms with Crippen LogP contribution < -0.4 is 4.90 Å². The standard InChI is InChI=1S/C21H19N3O2S/c1-14(2)16-7-3-9-18-19(16)23-21(27-18)24(13-15-6-4-10-22-12-15)20(25)17-8-5-11-26-17/h3-12,14H,13H2,1-2H3. The average molecular weight is 377 g/mol. The smallest absolute Gasteiger partial charge is 0.296 e. The molecule has 1 aromatic carbocycles. The van der Waals surface area contributed by atoms with Crippen LogP contribution in [0.3, 0.4) is 0 Å². The maximum Gasteiger partial charge on any atom is 0.296 e. The van der Waals surface area contributed by atoms with Gasteiger partial charge in [-0.1, -0.05) is 43.4 Å². The van der Waals surface area contributed by atoms with Crippen molar-refractivity contribution in [3.63, 3.8) is 0 Å². The number of benzene rings is 1. The molecule has 3 aromatic heterocycles. The van der Waals surface area contributed by atoms with Gasteiger partial charge in [0.25, 0.3) is 5.91 Å². The van der Waals surface area contributed by atoms with Gasteiger partial charge in [0.05, 0.1) is 23.0 Å². The van der Waals surface area contributed by atoms with Crippen LogP contribution in [-0.4, -0.2) is 15.9 Å².